The van der Waals surface area contributed by atoms with E-state index in [1.165, 1.54) is 50.8 Å². The lowest BCUT2D eigenvalue weighted by atomic mass is 9.54. The molecule has 4 heteroatoms. The van der Waals surface area contributed by atoms with Gasteiger partial charge < -0.3 is 4.57 Å². The van der Waals surface area contributed by atoms with E-state index in [1.54, 1.807) is 0 Å². The van der Waals surface area contributed by atoms with E-state index in [-0.39, 0.29) is 5.41 Å². The fraction of sp³-hybridized carbons (Fsp3) is 0.169. The number of aromatic nitrogens is 4. The lowest BCUT2D eigenvalue weighted by Crippen LogP contribution is -2.48. The van der Waals surface area contributed by atoms with E-state index in [2.05, 4.69) is 170 Å². The monoisotopic (exact) mass is 812 g/mol. The summed E-state index contributed by atoms with van der Waals surface area (Å²) in [6.07, 6.45) is 30.2. The summed E-state index contributed by atoms with van der Waals surface area (Å²) < 4.78 is 2.77. The minimum absolute atomic E-state index is 0.165. The molecular weight excluding hydrogens is 765 g/mol. The Morgan fingerprint density at radius 2 is 1.44 bits per heavy atom. The Labute approximate surface area is 369 Å². The molecule has 63 heavy (non-hydrogen) atoms. The number of allylic oxidation sites excluding steroid dienone is 12. The number of hydrogen-bond acceptors (Lipinski definition) is 3. The van der Waals surface area contributed by atoms with Gasteiger partial charge in [0.2, 0.25) is 0 Å². The summed E-state index contributed by atoms with van der Waals surface area (Å²) in [5, 5.41) is 1.41. The van der Waals surface area contributed by atoms with Crippen molar-refractivity contribution in [1.82, 2.24) is 19.5 Å². The highest BCUT2D eigenvalue weighted by molar-refractivity contribution is 5.96. The molecule has 2 aromatic heterocycles. The van der Waals surface area contributed by atoms with Gasteiger partial charge in [-0.3, -0.25) is 0 Å². The van der Waals surface area contributed by atoms with Gasteiger partial charge in [-0.05, 0) is 89.1 Å². The number of nitrogens with zero attached hydrogens (tertiary/aromatic N) is 4. The Bertz CT molecular complexity index is 3160. The van der Waals surface area contributed by atoms with E-state index in [0.29, 0.717) is 41.3 Å². The maximum absolute atomic E-state index is 5.03. The second kappa shape index (κ2) is 15.0. The Morgan fingerprint density at radius 1 is 0.714 bits per heavy atom. The Morgan fingerprint density at radius 3 is 2.25 bits per heavy atom. The molecule has 7 aromatic rings. The molecule has 5 aliphatic rings. The van der Waals surface area contributed by atoms with E-state index in [0.717, 1.165) is 52.7 Å². The second-order valence-corrected chi connectivity index (χ2v) is 17.8. The first-order valence-corrected chi connectivity index (χ1v) is 22.6. The molecule has 4 nitrogen and oxygen atoms in total. The first-order valence-electron chi connectivity index (χ1n) is 22.6. The van der Waals surface area contributed by atoms with Crippen LogP contribution in [0.15, 0.2) is 189 Å². The Kier molecular flexibility index (Phi) is 8.96. The third kappa shape index (κ3) is 5.92. The first kappa shape index (κ1) is 37.6. The average molecular weight is 813 g/mol. The van der Waals surface area contributed by atoms with E-state index in [1.807, 2.05) is 36.4 Å². The van der Waals surface area contributed by atoms with Crippen LogP contribution in [0.2, 0.25) is 0 Å². The summed E-state index contributed by atoms with van der Waals surface area (Å²) in [7, 11) is 0. The maximum atomic E-state index is 5.03. The lowest BCUT2D eigenvalue weighted by molar-refractivity contribution is 0.177. The smallest absolute Gasteiger partial charge is 0.164 e. The SMILES string of the molecule is C=C(/C=C\C=C(/C)c1nc(-c2ccccc2)nc(-c2ccc(-c3ccccc3)cc2)n1)c1ccc2c(c1)C1(c3cccc4c5c(n(c34)C3C=CCCC31)CCC=C5)C1C=CC=CC21. The standard InChI is InChI=1S/C59H48N4/c1-38(17-15-18-39(2)56-60-57(42-21-7-4-8-22-42)62-58(61-56)43-33-31-41(32-34-43)40-19-5-3-6-20-40)44-35-36-46-45-23-9-11-26-49(45)59(52(46)37-44)50-27-12-14-30-54(50)63-53-29-13-10-24-47(53)48-25-16-28-51(59)55(48)63/h3-11,14-26,28,30-37,45,49-50,54H,1,12-13,27,29H2,2H3/b17-15-,39-18+. The summed E-state index contributed by atoms with van der Waals surface area (Å²) in [4.78, 5) is 15.0. The third-order valence-corrected chi connectivity index (χ3v) is 14.5. The van der Waals surface area contributed by atoms with Crippen LogP contribution < -0.4 is 0 Å². The highest BCUT2D eigenvalue weighted by atomic mass is 15.1. The summed E-state index contributed by atoms with van der Waals surface area (Å²) in [6, 6.07) is 43.8. The molecule has 1 aliphatic heterocycles. The van der Waals surface area contributed by atoms with Crippen LogP contribution in [0.4, 0.5) is 0 Å². The zero-order valence-corrected chi connectivity index (χ0v) is 35.5. The van der Waals surface area contributed by atoms with Gasteiger partial charge in [0, 0.05) is 45.0 Å². The average Bonchev–Trinajstić information content (AvgIpc) is 3.84. The zero-order valence-electron chi connectivity index (χ0n) is 35.5. The Hall–Kier alpha value is -7.17. The normalized spacial score (nSPS) is 22.7. The van der Waals surface area contributed by atoms with E-state index < -0.39 is 0 Å². The number of para-hydroxylation sites is 1. The quantitative estimate of drug-likeness (QED) is 0.119. The molecule has 3 heterocycles. The van der Waals surface area contributed by atoms with E-state index in [9.17, 15) is 0 Å². The van der Waals surface area contributed by atoms with Gasteiger partial charge in [0.1, 0.15) is 0 Å². The van der Waals surface area contributed by atoms with Gasteiger partial charge in [-0.15, -0.1) is 0 Å². The summed E-state index contributed by atoms with van der Waals surface area (Å²) >= 11 is 0. The molecule has 0 bridgehead atoms. The molecule has 5 aromatic carbocycles. The van der Waals surface area contributed by atoms with Gasteiger partial charge in [0.25, 0.3) is 0 Å². The molecule has 0 fully saturated rings. The molecule has 0 saturated heterocycles. The highest BCUT2D eigenvalue weighted by Gasteiger charge is 2.60. The molecule has 5 unspecified atom stereocenters. The van der Waals surface area contributed by atoms with Crippen molar-refractivity contribution >= 4 is 28.1 Å². The summed E-state index contributed by atoms with van der Waals surface area (Å²) in [6.45, 7) is 6.75. The van der Waals surface area contributed by atoms with Crippen LogP contribution in [-0.4, -0.2) is 19.5 Å². The van der Waals surface area contributed by atoms with Crippen molar-refractivity contribution in [1.29, 1.82) is 0 Å². The van der Waals surface area contributed by atoms with Crippen LogP contribution in [-0.2, 0) is 11.8 Å². The zero-order chi connectivity index (χ0) is 42.1. The van der Waals surface area contributed by atoms with Gasteiger partial charge >= 0.3 is 0 Å². The van der Waals surface area contributed by atoms with Crippen LogP contribution in [0, 0.1) is 11.8 Å². The van der Waals surface area contributed by atoms with Crippen molar-refractivity contribution in [3.05, 3.63) is 228 Å². The van der Waals surface area contributed by atoms with Crippen molar-refractivity contribution < 1.29 is 0 Å². The van der Waals surface area contributed by atoms with Crippen molar-refractivity contribution in [3.63, 3.8) is 0 Å². The number of hydrogen-bond donors (Lipinski definition) is 0. The maximum Gasteiger partial charge on any atom is 0.164 e. The lowest BCUT2D eigenvalue weighted by Gasteiger charge is -2.52. The van der Waals surface area contributed by atoms with Crippen LogP contribution in [0.5, 0.6) is 0 Å². The number of benzene rings is 5. The minimum Gasteiger partial charge on any atom is -0.336 e. The molecule has 0 radical (unpaired) electrons. The van der Waals surface area contributed by atoms with Gasteiger partial charge in [-0.1, -0.05) is 189 Å². The summed E-state index contributed by atoms with van der Waals surface area (Å²) in [5.74, 6) is 3.06. The van der Waals surface area contributed by atoms with E-state index in [4.69, 9.17) is 15.0 Å². The fourth-order valence-electron chi connectivity index (χ4n) is 11.8. The third-order valence-electron chi connectivity index (χ3n) is 14.5. The minimum atomic E-state index is -0.165. The van der Waals surface area contributed by atoms with Crippen molar-refractivity contribution in [2.45, 2.75) is 50.0 Å². The highest BCUT2D eigenvalue weighted by Crippen LogP contribution is 2.66. The molecule has 4 aliphatic carbocycles. The van der Waals surface area contributed by atoms with Crippen LogP contribution in [0.25, 0.3) is 62.0 Å². The van der Waals surface area contributed by atoms with Gasteiger partial charge in [-0.2, -0.15) is 0 Å². The van der Waals surface area contributed by atoms with Gasteiger partial charge in [0.15, 0.2) is 17.5 Å². The molecule has 304 valence electrons. The summed E-state index contributed by atoms with van der Waals surface area (Å²) in [5.41, 5.74) is 16.0. The van der Waals surface area contributed by atoms with Crippen molar-refractivity contribution in [2.24, 2.45) is 11.8 Å². The second-order valence-electron chi connectivity index (χ2n) is 17.8. The molecule has 1 spiro atoms. The van der Waals surface area contributed by atoms with Crippen LogP contribution >= 0.6 is 0 Å². The van der Waals surface area contributed by atoms with Crippen LogP contribution in [0.3, 0.4) is 0 Å². The predicted octanol–water partition coefficient (Wildman–Crippen LogP) is 14.1. The molecule has 0 N–H and O–H groups in total. The molecule has 5 atom stereocenters. The molecule has 0 saturated carbocycles. The van der Waals surface area contributed by atoms with E-state index >= 15 is 0 Å². The van der Waals surface area contributed by atoms with Crippen molar-refractivity contribution in [2.75, 3.05) is 0 Å². The molecular formula is C59H48N4. The fourth-order valence-corrected chi connectivity index (χ4v) is 11.8. The molecule has 12 rings (SSSR count). The van der Waals surface area contributed by atoms with Crippen LogP contribution in [0.1, 0.15) is 77.5 Å². The van der Waals surface area contributed by atoms with Gasteiger partial charge in [0.05, 0.1) is 11.6 Å². The largest absolute Gasteiger partial charge is 0.336 e. The Balaban J connectivity index is 0.915. The number of fused-ring (bicyclic) bond motifs is 12. The predicted molar refractivity (Wildman–Crippen MR) is 260 cm³/mol. The topological polar surface area (TPSA) is 43.6 Å². The molecule has 0 amide bonds. The van der Waals surface area contributed by atoms with Gasteiger partial charge in [-0.25, -0.2) is 15.0 Å². The first-order chi connectivity index (χ1) is 31.1. The number of rotatable bonds is 7. The van der Waals surface area contributed by atoms with Crippen molar-refractivity contribution in [3.8, 4) is 33.9 Å².